The number of ether oxygens (including phenoxy) is 1. The minimum absolute atomic E-state index is 0.484. The lowest BCUT2D eigenvalue weighted by Crippen LogP contribution is -2.40. The Balaban J connectivity index is 2.17. The molecule has 0 aliphatic heterocycles. The number of methoxy groups -OCH3 is 1. The zero-order valence-electron chi connectivity index (χ0n) is 12.1. The molecule has 0 radical (unpaired) electrons. The van der Waals surface area contributed by atoms with Gasteiger partial charge in [0.05, 0.1) is 0 Å². The van der Waals surface area contributed by atoms with Gasteiger partial charge in [-0.1, -0.05) is 6.92 Å². The Morgan fingerprint density at radius 1 is 1.47 bits per heavy atom. The third kappa shape index (κ3) is 6.81. The van der Waals surface area contributed by atoms with Gasteiger partial charge in [-0.2, -0.15) is 5.10 Å². The van der Waals surface area contributed by atoms with Crippen molar-refractivity contribution in [3.8, 4) is 0 Å². The van der Waals surface area contributed by atoms with Crippen molar-refractivity contribution in [2.24, 2.45) is 10.9 Å². The lowest BCUT2D eigenvalue weighted by Gasteiger charge is -2.16. The average molecular weight is 267 g/mol. The minimum Gasteiger partial charge on any atom is -0.385 e. The highest BCUT2D eigenvalue weighted by Gasteiger charge is 2.04. The summed E-state index contributed by atoms with van der Waals surface area (Å²) in [6, 6.07) is 1.94. The van der Waals surface area contributed by atoms with E-state index in [-0.39, 0.29) is 0 Å². The Hall–Kier alpha value is -1.56. The van der Waals surface area contributed by atoms with E-state index < -0.39 is 0 Å². The fraction of sp³-hybridized carbons (Fsp3) is 0.692. The third-order valence-electron chi connectivity index (χ3n) is 2.72. The van der Waals surface area contributed by atoms with Crippen molar-refractivity contribution in [3.05, 3.63) is 18.5 Å². The van der Waals surface area contributed by atoms with E-state index in [1.165, 1.54) is 0 Å². The molecule has 1 rings (SSSR count). The van der Waals surface area contributed by atoms with Gasteiger partial charge >= 0.3 is 0 Å². The predicted molar refractivity (Wildman–Crippen MR) is 77.2 cm³/mol. The third-order valence-corrected chi connectivity index (χ3v) is 2.72. The van der Waals surface area contributed by atoms with E-state index in [0.717, 1.165) is 38.6 Å². The molecular weight excluding hydrogens is 242 g/mol. The number of nitrogens with zero attached hydrogens (tertiary/aromatic N) is 3. The van der Waals surface area contributed by atoms with Crippen LogP contribution in [0, 0.1) is 5.92 Å². The first kappa shape index (κ1) is 15.5. The summed E-state index contributed by atoms with van der Waals surface area (Å²) < 4.78 is 6.95. The zero-order valence-corrected chi connectivity index (χ0v) is 12.1. The zero-order chi connectivity index (χ0) is 13.9. The molecule has 108 valence electrons. The van der Waals surface area contributed by atoms with Crippen molar-refractivity contribution in [1.82, 2.24) is 20.4 Å². The fourth-order valence-corrected chi connectivity index (χ4v) is 1.71. The molecule has 0 saturated heterocycles. The number of guanidine groups is 1. The van der Waals surface area contributed by atoms with E-state index in [2.05, 4.69) is 27.6 Å². The number of aromatic nitrogens is 2. The largest absolute Gasteiger partial charge is 0.385 e. The monoisotopic (exact) mass is 267 g/mol. The maximum Gasteiger partial charge on any atom is 0.190 e. The van der Waals surface area contributed by atoms with Gasteiger partial charge in [0.2, 0.25) is 0 Å². The quantitative estimate of drug-likeness (QED) is 0.414. The minimum atomic E-state index is 0.484. The molecule has 6 nitrogen and oxygen atoms in total. The fourth-order valence-electron chi connectivity index (χ4n) is 1.71. The Morgan fingerprint density at radius 2 is 2.32 bits per heavy atom. The summed E-state index contributed by atoms with van der Waals surface area (Å²) in [5, 5.41) is 10.8. The molecule has 0 spiro atoms. The molecular formula is C13H25N5O. The van der Waals surface area contributed by atoms with Crippen molar-refractivity contribution >= 4 is 5.96 Å². The van der Waals surface area contributed by atoms with E-state index >= 15 is 0 Å². The van der Waals surface area contributed by atoms with Gasteiger partial charge in [-0.3, -0.25) is 9.67 Å². The molecule has 0 aliphatic carbocycles. The number of aliphatic imine (C=N–C) groups is 1. The van der Waals surface area contributed by atoms with Crippen LogP contribution in [0.2, 0.25) is 0 Å². The Morgan fingerprint density at radius 3 is 2.95 bits per heavy atom. The second-order valence-electron chi connectivity index (χ2n) is 4.56. The molecule has 1 atom stereocenters. The molecule has 1 heterocycles. The molecule has 1 aromatic rings. The molecule has 1 aromatic heterocycles. The summed E-state index contributed by atoms with van der Waals surface area (Å²) in [6.07, 6.45) is 4.75. The van der Waals surface area contributed by atoms with E-state index in [9.17, 15) is 0 Å². The molecule has 0 aromatic carbocycles. The van der Waals surface area contributed by atoms with Crippen molar-refractivity contribution in [1.29, 1.82) is 0 Å². The Bertz CT molecular complexity index is 350. The number of hydrogen-bond acceptors (Lipinski definition) is 3. The van der Waals surface area contributed by atoms with Gasteiger partial charge in [-0.15, -0.1) is 0 Å². The van der Waals surface area contributed by atoms with E-state index in [1.54, 1.807) is 20.4 Å². The Kier molecular flexibility index (Phi) is 7.65. The van der Waals surface area contributed by atoms with Gasteiger partial charge in [-0.25, -0.2) is 0 Å². The molecule has 0 amide bonds. The average Bonchev–Trinajstić information content (AvgIpc) is 2.91. The SMILES string of the molecule is CN=C(NCCCOC)NCC(C)Cn1cccn1. The first-order valence-electron chi connectivity index (χ1n) is 6.67. The summed E-state index contributed by atoms with van der Waals surface area (Å²) in [5.41, 5.74) is 0. The van der Waals surface area contributed by atoms with Crippen molar-refractivity contribution in [2.45, 2.75) is 19.9 Å². The van der Waals surface area contributed by atoms with Gasteiger partial charge in [0.15, 0.2) is 5.96 Å². The van der Waals surface area contributed by atoms with Crippen LogP contribution >= 0.6 is 0 Å². The highest BCUT2D eigenvalue weighted by molar-refractivity contribution is 5.79. The van der Waals surface area contributed by atoms with E-state index in [1.807, 2.05) is 16.9 Å². The number of rotatable bonds is 8. The molecule has 0 aliphatic rings. The topological polar surface area (TPSA) is 63.5 Å². The highest BCUT2D eigenvalue weighted by atomic mass is 16.5. The predicted octanol–water partition coefficient (Wildman–Crippen LogP) is 0.721. The molecule has 0 fully saturated rings. The summed E-state index contributed by atoms with van der Waals surface area (Å²) >= 11 is 0. The Labute approximate surface area is 115 Å². The van der Waals surface area contributed by atoms with Crippen molar-refractivity contribution in [3.63, 3.8) is 0 Å². The van der Waals surface area contributed by atoms with Crippen LogP contribution in [-0.2, 0) is 11.3 Å². The second-order valence-corrected chi connectivity index (χ2v) is 4.56. The van der Waals surface area contributed by atoms with Crippen LogP contribution in [0.5, 0.6) is 0 Å². The summed E-state index contributed by atoms with van der Waals surface area (Å²) in [6.45, 7) is 5.58. The smallest absolute Gasteiger partial charge is 0.190 e. The second kappa shape index (κ2) is 9.38. The molecule has 19 heavy (non-hydrogen) atoms. The molecule has 1 unspecified atom stereocenters. The maximum atomic E-state index is 5.00. The van der Waals surface area contributed by atoms with E-state index in [0.29, 0.717) is 5.92 Å². The van der Waals surface area contributed by atoms with Crippen LogP contribution in [0.4, 0.5) is 0 Å². The summed E-state index contributed by atoms with van der Waals surface area (Å²) in [7, 11) is 3.49. The highest BCUT2D eigenvalue weighted by Crippen LogP contribution is 1.97. The number of hydrogen-bond donors (Lipinski definition) is 2. The first-order chi connectivity index (χ1) is 9.26. The maximum absolute atomic E-state index is 5.00. The van der Waals surface area contributed by atoms with Crippen molar-refractivity contribution in [2.75, 3.05) is 33.9 Å². The first-order valence-corrected chi connectivity index (χ1v) is 6.67. The standard InChI is InChI=1S/C13H25N5O/c1-12(11-18-8-4-7-17-18)10-16-13(14-2)15-6-5-9-19-3/h4,7-8,12H,5-6,9-11H2,1-3H3,(H2,14,15,16). The lowest BCUT2D eigenvalue weighted by atomic mass is 10.2. The van der Waals surface area contributed by atoms with Crippen LogP contribution in [-0.4, -0.2) is 49.6 Å². The van der Waals surface area contributed by atoms with E-state index in [4.69, 9.17) is 4.74 Å². The summed E-state index contributed by atoms with van der Waals surface area (Å²) in [4.78, 5) is 4.19. The summed E-state index contributed by atoms with van der Waals surface area (Å²) in [5.74, 6) is 1.32. The van der Waals surface area contributed by atoms with Gasteiger partial charge in [0.25, 0.3) is 0 Å². The molecule has 0 bridgehead atoms. The number of nitrogens with one attached hydrogen (secondary N) is 2. The lowest BCUT2D eigenvalue weighted by molar-refractivity contribution is 0.195. The van der Waals surface area contributed by atoms with Crippen LogP contribution in [0.25, 0.3) is 0 Å². The molecule has 2 N–H and O–H groups in total. The normalized spacial score (nSPS) is 13.3. The van der Waals surface area contributed by atoms with Crippen molar-refractivity contribution < 1.29 is 4.74 Å². The van der Waals surface area contributed by atoms with Crippen LogP contribution in [0.3, 0.4) is 0 Å². The van der Waals surface area contributed by atoms with Gasteiger partial charge < -0.3 is 15.4 Å². The molecule has 0 saturated carbocycles. The molecule has 6 heteroatoms. The van der Waals surface area contributed by atoms with Gasteiger partial charge in [0.1, 0.15) is 0 Å². The van der Waals surface area contributed by atoms with Gasteiger partial charge in [0, 0.05) is 52.8 Å². The van der Waals surface area contributed by atoms with Crippen LogP contribution in [0.15, 0.2) is 23.5 Å². The van der Waals surface area contributed by atoms with Crippen LogP contribution < -0.4 is 10.6 Å². The van der Waals surface area contributed by atoms with Gasteiger partial charge in [-0.05, 0) is 18.4 Å². The van der Waals surface area contributed by atoms with Crippen LogP contribution in [0.1, 0.15) is 13.3 Å².